The number of rotatable bonds is 7. The number of hydrogen-bond acceptors (Lipinski definition) is 5. The summed E-state index contributed by atoms with van der Waals surface area (Å²) in [5, 5.41) is 12.1. The SMILES string of the molecule is O=C(CCP(=O)(c1ccccc1)c1ccccc1)Oc1ccc([N+](=O)[O-])cc1. The van der Waals surface area contributed by atoms with Crippen LogP contribution in [0, 0.1) is 10.1 Å². The lowest BCUT2D eigenvalue weighted by molar-refractivity contribution is -0.384. The number of ether oxygens (including phenoxy) is 1. The predicted molar refractivity (Wildman–Crippen MR) is 108 cm³/mol. The molecule has 0 aliphatic carbocycles. The number of carbonyl (C=O) groups excluding carboxylic acids is 1. The Morgan fingerprint density at radius 1 is 0.857 bits per heavy atom. The van der Waals surface area contributed by atoms with Crippen molar-refractivity contribution >= 4 is 29.4 Å². The van der Waals surface area contributed by atoms with E-state index in [9.17, 15) is 19.5 Å². The highest BCUT2D eigenvalue weighted by Gasteiger charge is 2.28. The van der Waals surface area contributed by atoms with Crippen molar-refractivity contribution in [2.24, 2.45) is 0 Å². The molecule has 0 saturated heterocycles. The van der Waals surface area contributed by atoms with Crippen LogP contribution in [0.4, 0.5) is 5.69 Å². The molecule has 0 aliphatic rings. The van der Waals surface area contributed by atoms with Crippen LogP contribution in [0.2, 0.25) is 0 Å². The largest absolute Gasteiger partial charge is 0.427 e. The quantitative estimate of drug-likeness (QED) is 0.199. The Morgan fingerprint density at radius 3 is 1.82 bits per heavy atom. The normalized spacial score (nSPS) is 11.0. The van der Waals surface area contributed by atoms with E-state index in [2.05, 4.69) is 0 Å². The molecule has 0 fully saturated rings. The molecule has 0 bridgehead atoms. The monoisotopic (exact) mass is 395 g/mol. The lowest BCUT2D eigenvalue weighted by atomic mass is 10.3. The van der Waals surface area contributed by atoms with E-state index in [0.29, 0.717) is 10.6 Å². The summed E-state index contributed by atoms with van der Waals surface area (Å²) in [6.07, 6.45) is 0.0882. The van der Waals surface area contributed by atoms with Gasteiger partial charge in [0.25, 0.3) is 5.69 Å². The fourth-order valence-corrected chi connectivity index (χ4v) is 5.43. The Kier molecular flexibility index (Phi) is 6.02. The molecule has 0 N–H and O–H groups in total. The maximum atomic E-state index is 13.8. The van der Waals surface area contributed by atoms with E-state index in [-0.39, 0.29) is 24.0 Å². The smallest absolute Gasteiger partial charge is 0.311 e. The minimum Gasteiger partial charge on any atom is -0.427 e. The van der Waals surface area contributed by atoms with Crippen molar-refractivity contribution in [3.8, 4) is 5.75 Å². The van der Waals surface area contributed by atoms with Gasteiger partial charge in [0.15, 0.2) is 0 Å². The van der Waals surface area contributed by atoms with Crippen LogP contribution < -0.4 is 15.3 Å². The van der Waals surface area contributed by atoms with Crippen LogP contribution in [-0.2, 0) is 9.36 Å². The first kappa shape index (κ1) is 19.5. The maximum Gasteiger partial charge on any atom is 0.311 e. The molecule has 0 saturated carbocycles. The van der Waals surface area contributed by atoms with Crippen LogP contribution in [0.5, 0.6) is 5.75 Å². The molecule has 0 aromatic heterocycles. The summed E-state index contributed by atoms with van der Waals surface area (Å²) in [6.45, 7) is 0. The second kappa shape index (κ2) is 8.63. The van der Waals surface area contributed by atoms with Crippen molar-refractivity contribution in [1.82, 2.24) is 0 Å². The van der Waals surface area contributed by atoms with Crippen molar-refractivity contribution in [3.63, 3.8) is 0 Å². The minimum atomic E-state index is -2.99. The van der Waals surface area contributed by atoms with E-state index in [0.717, 1.165) is 0 Å². The van der Waals surface area contributed by atoms with E-state index in [1.165, 1.54) is 24.3 Å². The summed E-state index contributed by atoms with van der Waals surface area (Å²) in [7, 11) is -2.99. The third-order valence-corrected chi connectivity index (χ3v) is 7.37. The first-order valence-electron chi connectivity index (χ1n) is 8.64. The molecule has 0 unspecified atom stereocenters. The minimum absolute atomic E-state index is 0.0436. The van der Waals surface area contributed by atoms with Gasteiger partial charge in [0.2, 0.25) is 0 Å². The van der Waals surface area contributed by atoms with Gasteiger partial charge in [-0.3, -0.25) is 14.9 Å². The maximum absolute atomic E-state index is 13.8. The van der Waals surface area contributed by atoms with E-state index in [1.807, 2.05) is 36.4 Å². The van der Waals surface area contributed by atoms with Crippen molar-refractivity contribution in [3.05, 3.63) is 95.0 Å². The number of benzene rings is 3. The highest BCUT2D eigenvalue weighted by molar-refractivity contribution is 7.78. The molecule has 0 spiro atoms. The highest BCUT2D eigenvalue weighted by atomic mass is 31.2. The molecule has 142 valence electrons. The number of nitrogens with zero attached hydrogens (tertiary/aromatic N) is 1. The predicted octanol–water partition coefficient (Wildman–Crippen LogP) is 3.90. The number of carbonyl (C=O) groups is 1. The Balaban J connectivity index is 1.74. The van der Waals surface area contributed by atoms with Crippen LogP contribution >= 0.6 is 7.14 Å². The van der Waals surface area contributed by atoms with Crippen LogP contribution in [0.15, 0.2) is 84.9 Å². The van der Waals surface area contributed by atoms with Gasteiger partial charge < -0.3 is 9.30 Å². The van der Waals surface area contributed by atoms with Crippen LogP contribution in [-0.4, -0.2) is 17.1 Å². The van der Waals surface area contributed by atoms with Gasteiger partial charge in [-0.25, -0.2) is 0 Å². The zero-order valence-electron chi connectivity index (χ0n) is 14.9. The van der Waals surface area contributed by atoms with Gasteiger partial charge in [0.1, 0.15) is 12.9 Å². The fourth-order valence-electron chi connectivity index (χ4n) is 2.81. The van der Waals surface area contributed by atoms with Crippen molar-refractivity contribution < 1.29 is 19.0 Å². The van der Waals surface area contributed by atoms with E-state index < -0.39 is 18.0 Å². The standard InChI is InChI=1S/C21H18NO5P/c23-21(27-18-13-11-17(12-14-18)22(24)25)15-16-28(26,19-7-3-1-4-8-19)20-9-5-2-6-10-20/h1-14H,15-16H2. The van der Waals surface area contributed by atoms with Crippen LogP contribution in [0.3, 0.4) is 0 Å². The average molecular weight is 395 g/mol. The second-order valence-corrected chi connectivity index (χ2v) is 9.07. The summed E-state index contributed by atoms with van der Waals surface area (Å²) >= 11 is 0. The molecule has 0 aliphatic heterocycles. The summed E-state index contributed by atoms with van der Waals surface area (Å²) in [4.78, 5) is 22.4. The van der Waals surface area contributed by atoms with Gasteiger partial charge >= 0.3 is 5.97 Å². The molecule has 3 aromatic carbocycles. The molecular weight excluding hydrogens is 377 g/mol. The highest BCUT2D eigenvalue weighted by Crippen LogP contribution is 2.43. The first-order valence-corrected chi connectivity index (χ1v) is 10.5. The molecule has 3 aromatic rings. The molecule has 0 amide bonds. The molecule has 0 heterocycles. The van der Waals surface area contributed by atoms with Crippen molar-refractivity contribution in [2.45, 2.75) is 6.42 Å². The lowest BCUT2D eigenvalue weighted by Gasteiger charge is -2.19. The van der Waals surface area contributed by atoms with E-state index in [1.54, 1.807) is 24.3 Å². The Hall–Kier alpha value is -3.24. The van der Waals surface area contributed by atoms with Gasteiger partial charge in [-0.1, -0.05) is 60.7 Å². The van der Waals surface area contributed by atoms with Crippen molar-refractivity contribution in [1.29, 1.82) is 0 Å². The molecule has 7 heteroatoms. The molecule has 28 heavy (non-hydrogen) atoms. The van der Waals surface area contributed by atoms with Gasteiger partial charge in [0.05, 0.1) is 11.3 Å². The summed E-state index contributed by atoms with van der Waals surface area (Å²) < 4.78 is 19.0. The van der Waals surface area contributed by atoms with Crippen LogP contribution in [0.25, 0.3) is 0 Å². The van der Waals surface area contributed by atoms with Gasteiger partial charge in [-0.05, 0) is 12.1 Å². The topological polar surface area (TPSA) is 86.5 Å². The second-order valence-electron chi connectivity index (χ2n) is 6.11. The third kappa shape index (κ3) is 4.53. The zero-order valence-corrected chi connectivity index (χ0v) is 15.8. The number of nitro benzene ring substituents is 1. The van der Waals surface area contributed by atoms with Gasteiger partial charge in [-0.15, -0.1) is 0 Å². The molecule has 0 radical (unpaired) electrons. The number of nitro groups is 1. The number of non-ortho nitro benzene ring substituents is 1. The molecule has 0 atom stereocenters. The average Bonchev–Trinajstić information content (AvgIpc) is 2.73. The number of esters is 1. The van der Waals surface area contributed by atoms with Crippen LogP contribution in [0.1, 0.15) is 6.42 Å². The summed E-state index contributed by atoms with van der Waals surface area (Å²) in [6, 6.07) is 23.4. The fraction of sp³-hybridized carbons (Fsp3) is 0.0952. The van der Waals surface area contributed by atoms with Gasteiger partial charge in [0, 0.05) is 28.9 Å². The lowest BCUT2D eigenvalue weighted by Crippen LogP contribution is -2.21. The number of hydrogen-bond donors (Lipinski definition) is 0. The molecule has 3 rings (SSSR count). The molecular formula is C21H18NO5P. The summed E-state index contributed by atoms with van der Waals surface area (Å²) in [5.74, 6) is -0.328. The molecule has 6 nitrogen and oxygen atoms in total. The first-order chi connectivity index (χ1) is 13.5. The Bertz CT molecular complexity index is 960. The Morgan fingerprint density at radius 2 is 1.36 bits per heavy atom. The summed E-state index contributed by atoms with van der Waals surface area (Å²) in [5.41, 5.74) is -0.0857. The third-order valence-electron chi connectivity index (χ3n) is 4.26. The van der Waals surface area contributed by atoms with E-state index in [4.69, 9.17) is 4.74 Å². The van der Waals surface area contributed by atoms with E-state index >= 15 is 0 Å². The van der Waals surface area contributed by atoms with Gasteiger partial charge in [-0.2, -0.15) is 0 Å². The van der Waals surface area contributed by atoms with Crippen molar-refractivity contribution in [2.75, 3.05) is 6.16 Å². The Labute approximate surface area is 162 Å². The zero-order chi connectivity index (χ0) is 20.0.